The SMILES string of the molecule is Cc1ccc2c(c1C)C(=O)CC2.Cc1ccc2c(c1C)CCC2.Cc1ccc2c(ccn2C)c1C.Cc1ccc2ccccc2c1C.Cc1ccc2cccnc2c1C.Cc1ccc2ccn(C)c2c1C.Cc1ccc2nccnc2c1C.Cc1ccc2sccc2c1C.Cc1ccc2scnc2c1C. The summed E-state index contributed by atoms with van der Waals surface area (Å²) in [7, 11) is 4.17. The van der Waals surface area contributed by atoms with Gasteiger partial charge in [0, 0.05) is 78.1 Å². The van der Waals surface area contributed by atoms with E-state index in [9.17, 15) is 4.79 Å². The molecule has 6 aromatic heterocycles. The van der Waals surface area contributed by atoms with E-state index in [0.29, 0.717) is 12.2 Å². The molecular weight excluding hydrogens is 1320 g/mol. The van der Waals surface area contributed by atoms with E-state index in [4.69, 9.17) is 0 Å². The molecule has 16 aromatic rings. The lowest BCUT2D eigenvalue weighted by Crippen LogP contribution is -1.97. The largest absolute Gasteiger partial charge is 0.351 e. The molecular formula is C96H104N6OS2. The van der Waals surface area contributed by atoms with Crippen LogP contribution >= 0.6 is 22.7 Å². The lowest BCUT2D eigenvalue weighted by atomic mass is 9.99. The van der Waals surface area contributed by atoms with Crippen LogP contribution in [0.5, 0.6) is 0 Å². The van der Waals surface area contributed by atoms with E-state index >= 15 is 0 Å². The smallest absolute Gasteiger partial charge is 0.163 e. The van der Waals surface area contributed by atoms with Gasteiger partial charge in [-0.05, 0) is 343 Å². The van der Waals surface area contributed by atoms with Crippen molar-refractivity contribution < 1.29 is 4.79 Å². The van der Waals surface area contributed by atoms with Crippen molar-refractivity contribution in [2.45, 2.75) is 157 Å². The summed E-state index contributed by atoms with van der Waals surface area (Å²) in [6.45, 7) is 38.5. The summed E-state index contributed by atoms with van der Waals surface area (Å²) in [6.07, 6.45) is 15.1. The van der Waals surface area contributed by atoms with Crippen molar-refractivity contribution in [3.63, 3.8) is 0 Å². The average Bonchev–Trinajstić information content (AvgIpc) is 1.65. The molecule has 6 heterocycles. The summed E-state index contributed by atoms with van der Waals surface area (Å²) in [6, 6.07) is 57.9. The molecule has 0 atom stereocenters. The van der Waals surface area contributed by atoms with Crippen molar-refractivity contribution in [2.24, 2.45) is 14.1 Å². The van der Waals surface area contributed by atoms with E-state index in [0.717, 1.165) is 34.1 Å². The normalized spacial score (nSPS) is 11.6. The first-order chi connectivity index (χ1) is 50.3. The van der Waals surface area contributed by atoms with Crippen LogP contribution in [-0.4, -0.2) is 34.9 Å². The predicted octanol–water partition coefficient (Wildman–Crippen LogP) is 25.8. The molecule has 105 heavy (non-hydrogen) atoms. The summed E-state index contributed by atoms with van der Waals surface area (Å²) in [5.41, 5.74) is 38.5. The van der Waals surface area contributed by atoms with Gasteiger partial charge in [0.15, 0.2) is 5.78 Å². The van der Waals surface area contributed by atoms with Crippen molar-refractivity contribution in [1.82, 2.24) is 29.1 Å². The van der Waals surface area contributed by atoms with E-state index in [1.165, 1.54) is 178 Å². The molecule has 0 saturated heterocycles. The number of thiophene rings is 1. The van der Waals surface area contributed by atoms with Gasteiger partial charge in [-0.3, -0.25) is 19.7 Å². The monoisotopic (exact) mass is 1420 g/mol. The number of benzene rings is 10. The van der Waals surface area contributed by atoms with Crippen LogP contribution in [-0.2, 0) is 33.4 Å². The van der Waals surface area contributed by atoms with Gasteiger partial charge in [0.25, 0.3) is 0 Å². The minimum absolute atomic E-state index is 0.325. The minimum atomic E-state index is 0.325. The molecule has 2 aliphatic rings. The molecule has 0 aliphatic heterocycles. The Labute approximate surface area is 631 Å². The molecule has 0 bridgehead atoms. The first kappa shape index (κ1) is 77.4. The Morgan fingerprint density at radius 2 is 0.857 bits per heavy atom. The van der Waals surface area contributed by atoms with Crippen LogP contribution in [0.1, 0.15) is 140 Å². The number of aromatic nitrogens is 6. The van der Waals surface area contributed by atoms with Gasteiger partial charge < -0.3 is 9.13 Å². The molecule has 536 valence electrons. The molecule has 18 rings (SSSR count). The van der Waals surface area contributed by atoms with E-state index in [-0.39, 0.29) is 0 Å². The highest BCUT2D eigenvalue weighted by Gasteiger charge is 2.22. The fourth-order valence-electron chi connectivity index (χ4n) is 13.8. The van der Waals surface area contributed by atoms with Crippen LogP contribution in [0.15, 0.2) is 206 Å². The van der Waals surface area contributed by atoms with Crippen molar-refractivity contribution in [3.05, 3.63) is 328 Å². The number of carbonyl (C=O) groups excluding carboxylic acids is 1. The number of pyridine rings is 1. The molecule has 7 nitrogen and oxygen atoms in total. The van der Waals surface area contributed by atoms with Gasteiger partial charge in [0.05, 0.1) is 37.8 Å². The maximum absolute atomic E-state index is 11.4. The fourth-order valence-corrected chi connectivity index (χ4v) is 15.4. The van der Waals surface area contributed by atoms with Gasteiger partial charge in [-0.25, -0.2) is 4.98 Å². The number of nitrogens with zero attached hydrogens (tertiary/aromatic N) is 6. The topological polar surface area (TPSA) is 78.5 Å². The molecule has 0 N–H and O–H groups in total. The number of hydrogen-bond donors (Lipinski definition) is 0. The lowest BCUT2D eigenvalue weighted by Gasteiger charge is -2.06. The molecule has 0 radical (unpaired) electrons. The van der Waals surface area contributed by atoms with E-state index in [1.54, 1.807) is 34.9 Å². The first-order valence-electron chi connectivity index (χ1n) is 36.7. The molecule has 0 fully saturated rings. The van der Waals surface area contributed by atoms with Gasteiger partial charge in [-0.1, -0.05) is 115 Å². The Bertz CT molecular complexity index is 5480. The van der Waals surface area contributed by atoms with E-state index in [2.05, 4.69) is 330 Å². The Balaban J connectivity index is 0.000000127. The zero-order chi connectivity index (χ0) is 75.3. The lowest BCUT2D eigenvalue weighted by molar-refractivity contribution is 0.0994. The molecule has 9 heteroatoms. The summed E-state index contributed by atoms with van der Waals surface area (Å²) >= 11 is 3.51. The third-order valence-corrected chi connectivity index (χ3v) is 23.5. The predicted molar refractivity (Wildman–Crippen MR) is 455 cm³/mol. The van der Waals surface area contributed by atoms with Gasteiger partial charge in [0.1, 0.15) is 0 Å². The summed E-state index contributed by atoms with van der Waals surface area (Å²) in [4.78, 5) is 28.6. The molecule has 2 aliphatic carbocycles. The van der Waals surface area contributed by atoms with Crippen molar-refractivity contribution in [2.75, 3.05) is 0 Å². The standard InChI is InChI=1S/C12H12.2C11H13N.C11H11N.C11H12O.C11H14.C10H10N2.C10H10S.C9H9NS/c1-9-7-8-11-5-3-4-6-12(11)10(9)2;1-8-4-5-11-10(9(8)2)6-7-12(11)3;1-8-4-5-10-6-7-12(3)11(10)9(8)2;1-8-5-6-10-4-3-7-12-11(10)9(8)2;1-7-3-4-9-5-6-10(12)11(9)8(7)2;1-8-6-7-10-4-3-5-11(10)9(8)2;1-7-3-4-9-10(8(7)2)12-6-5-11-9;1-7-3-4-10-9(8(7)2)5-6-11-10;1-6-3-4-8-9(7(6)2)10-5-11-8/h3-8H,1-2H3;2*4-7H,1-3H3;3-7H,1-2H3;3-4H,5-6H2,1-2H3;6-7H,3-5H2,1-2H3;3-6H,1-2H3;3-6H,1-2H3;3-5H,1-2H3. The maximum atomic E-state index is 11.4. The van der Waals surface area contributed by atoms with Crippen LogP contribution in [0.3, 0.4) is 0 Å². The second kappa shape index (κ2) is 35.1. The Hall–Kier alpha value is -10.2. The molecule has 0 unspecified atom stereocenters. The van der Waals surface area contributed by atoms with Crippen molar-refractivity contribution in [3.8, 4) is 0 Å². The third-order valence-electron chi connectivity index (χ3n) is 21.9. The van der Waals surface area contributed by atoms with Crippen molar-refractivity contribution in [1.29, 1.82) is 0 Å². The van der Waals surface area contributed by atoms with E-state index < -0.39 is 0 Å². The number of fused-ring (bicyclic) bond motifs is 9. The zero-order valence-electron chi connectivity index (χ0n) is 65.6. The van der Waals surface area contributed by atoms with Crippen LogP contribution in [0.4, 0.5) is 0 Å². The molecule has 0 saturated carbocycles. The highest BCUT2D eigenvalue weighted by molar-refractivity contribution is 7.17. The highest BCUT2D eigenvalue weighted by Crippen LogP contribution is 2.31. The zero-order valence-corrected chi connectivity index (χ0v) is 67.2. The number of hydrogen-bond acceptors (Lipinski definition) is 7. The second-order valence-corrected chi connectivity index (χ2v) is 30.3. The average molecular weight is 1420 g/mol. The third kappa shape index (κ3) is 18.1. The Kier molecular flexibility index (Phi) is 25.9. The fraction of sp³-hybridized carbons (Fsp3) is 0.260. The van der Waals surface area contributed by atoms with Gasteiger partial charge >= 0.3 is 0 Å². The van der Waals surface area contributed by atoms with Gasteiger partial charge in [-0.15, -0.1) is 22.7 Å². The van der Waals surface area contributed by atoms with Crippen LogP contribution < -0.4 is 0 Å². The quantitative estimate of drug-likeness (QED) is 0.151. The van der Waals surface area contributed by atoms with Crippen LogP contribution in [0, 0.1) is 125 Å². The molecule has 10 aromatic carbocycles. The molecule has 0 amide bonds. The number of aryl methyl sites for hydroxylation is 20. The summed E-state index contributed by atoms with van der Waals surface area (Å²) in [5.74, 6) is 0.325. The van der Waals surface area contributed by atoms with Crippen LogP contribution in [0.25, 0.3) is 74.8 Å². The second-order valence-electron chi connectivity index (χ2n) is 28.5. The summed E-state index contributed by atoms with van der Waals surface area (Å²) < 4.78 is 7.01. The number of ketones is 1. The molecule has 0 spiro atoms. The maximum Gasteiger partial charge on any atom is 0.163 e. The van der Waals surface area contributed by atoms with Gasteiger partial charge in [0.2, 0.25) is 0 Å². The van der Waals surface area contributed by atoms with Crippen molar-refractivity contribution >= 4 is 103 Å². The minimum Gasteiger partial charge on any atom is -0.351 e. The number of thiazole rings is 1. The van der Waals surface area contributed by atoms with E-state index in [1.807, 2.05) is 42.1 Å². The highest BCUT2D eigenvalue weighted by atomic mass is 32.1. The van der Waals surface area contributed by atoms with Gasteiger partial charge in [-0.2, -0.15) is 0 Å². The summed E-state index contributed by atoms with van der Waals surface area (Å²) in [5, 5.41) is 10.2. The van der Waals surface area contributed by atoms with Crippen LogP contribution in [0.2, 0.25) is 0 Å². The first-order valence-corrected chi connectivity index (χ1v) is 38.5. The number of carbonyl (C=O) groups is 1. The Morgan fingerprint density at radius 1 is 0.333 bits per heavy atom. The Morgan fingerprint density at radius 3 is 1.58 bits per heavy atom. The number of rotatable bonds is 0. The number of Topliss-reactive ketones (excluding diaryl/α,β-unsaturated/α-hetero) is 1.